The Morgan fingerprint density at radius 1 is 0.781 bits per heavy atom. The number of rotatable bonds is 14. The molecule has 3 amide bonds. The van der Waals surface area contributed by atoms with Gasteiger partial charge in [0.15, 0.2) is 8.32 Å². The first-order valence-corrected chi connectivity index (χ1v) is 24.8. The van der Waals surface area contributed by atoms with E-state index in [0.717, 1.165) is 38.9 Å². The van der Waals surface area contributed by atoms with Gasteiger partial charge in [-0.2, -0.15) is 0 Å². The van der Waals surface area contributed by atoms with Gasteiger partial charge >= 0.3 is 12.2 Å². The highest BCUT2D eigenvalue weighted by molar-refractivity contribution is 6.74. The fourth-order valence-electron chi connectivity index (χ4n) is 8.81. The predicted octanol–water partition coefficient (Wildman–Crippen LogP) is 10.4. The van der Waals surface area contributed by atoms with Crippen molar-refractivity contribution in [2.24, 2.45) is 0 Å². The van der Waals surface area contributed by atoms with E-state index in [9.17, 15) is 19.5 Å². The van der Waals surface area contributed by atoms with Crippen molar-refractivity contribution < 1.29 is 33.1 Å². The summed E-state index contributed by atoms with van der Waals surface area (Å²) in [6.45, 7) is 10.9. The quantitative estimate of drug-likeness (QED) is 0.0716. The van der Waals surface area contributed by atoms with E-state index in [4.69, 9.17) is 13.6 Å². The Balaban J connectivity index is 1.06. The number of alkyl carbamates (subject to hydrolysis) is 1. The van der Waals surface area contributed by atoms with Crippen molar-refractivity contribution in [3.63, 3.8) is 0 Å². The fourth-order valence-corrected chi connectivity index (χ4v) is 10.2. The standard InChI is InChI=1S/C51H55N5O7Si/c1-50(2,3)64(4,5)63-37-31-44(56(32-37)49(59)60)47-55-54-46(62-47)43(52-48(58)61-33-42-40-27-17-15-25-38(40)39-26-16-18-28-41(39)42)29-30-45(57)53-51(34-19-9-6-10-20-34,35-21-11-7-12-22-35)36-23-13-8-14-24-36/h6-28,37,42-44H,29-33H2,1-5H3,(H,52,58)(H,53,57)(H,59,60)/t37-,43+,44+/m1/s1. The molecule has 3 N–H and O–H groups in total. The SMILES string of the molecule is CC(C)(C)[Si](C)(C)O[C@@H]1C[C@@H](c2nnc([C@H](CCC(=O)NC(c3ccccc3)(c3ccccc3)c3ccccc3)NC(=O)OCC3c4ccccc4-c4ccccc43)o2)N(C(=O)O)C1. The van der Waals surface area contributed by atoms with Crippen molar-refractivity contribution in [2.75, 3.05) is 13.2 Å². The molecular formula is C51H55N5O7Si. The van der Waals surface area contributed by atoms with E-state index >= 15 is 0 Å². The first-order valence-electron chi connectivity index (χ1n) is 21.8. The van der Waals surface area contributed by atoms with Crippen LogP contribution in [0.25, 0.3) is 11.1 Å². The van der Waals surface area contributed by atoms with E-state index in [-0.39, 0.29) is 60.7 Å². The van der Waals surface area contributed by atoms with Crippen LogP contribution in [0.4, 0.5) is 9.59 Å². The maximum Gasteiger partial charge on any atom is 0.408 e. The number of benzene rings is 5. The molecule has 0 bridgehead atoms. The molecule has 0 unspecified atom stereocenters. The summed E-state index contributed by atoms with van der Waals surface area (Å²) in [7, 11) is -2.24. The Morgan fingerprint density at radius 3 is 1.81 bits per heavy atom. The Hall–Kier alpha value is -6.57. The zero-order valence-electron chi connectivity index (χ0n) is 36.9. The third-order valence-electron chi connectivity index (χ3n) is 13.1. The summed E-state index contributed by atoms with van der Waals surface area (Å²) < 4.78 is 18.9. The van der Waals surface area contributed by atoms with E-state index in [2.05, 4.69) is 66.8 Å². The third kappa shape index (κ3) is 8.95. The number of nitrogens with zero attached hydrogens (tertiary/aromatic N) is 3. The van der Waals surface area contributed by atoms with E-state index in [1.165, 1.54) is 4.90 Å². The molecule has 6 aromatic rings. The molecule has 0 radical (unpaired) electrons. The van der Waals surface area contributed by atoms with Crippen molar-refractivity contribution >= 4 is 26.4 Å². The number of hydrogen-bond donors (Lipinski definition) is 3. The lowest BCUT2D eigenvalue weighted by Crippen LogP contribution is -2.48. The summed E-state index contributed by atoms with van der Waals surface area (Å²) in [4.78, 5) is 42.2. The molecule has 8 rings (SSSR count). The van der Waals surface area contributed by atoms with Gasteiger partial charge in [-0.15, -0.1) is 10.2 Å². The van der Waals surface area contributed by atoms with E-state index in [1.54, 1.807) is 0 Å². The number of hydrogen-bond acceptors (Lipinski definition) is 8. The molecule has 3 atom stereocenters. The number of carboxylic acid groups (broad SMARTS) is 1. The summed E-state index contributed by atoms with van der Waals surface area (Å²) in [6, 6.07) is 43.9. The van der Waals surface area contributed by atoms with E-state index < -0.39 is 38.1 Å². The molecule has 2 heterocycles. The molecular weight excluding hydrogens is 823 g/mol. The molecule has 1 aromatic heterocycles. The van der Waals surface area contributed by atoms with Crippen LogP contribution in [0.5, 0.6) is 0 Å². The van der Waals surface area contributed by atoms with Gasteiger partial charge in [-0.25, -0.2) is 9.59 Å². The number of carbonyl (C=O) groups is 3. The van der Waals surface area contributed by atoms with Crippen LogP contribution < -0.4 is 10.6 Å². The van der Waals surface area contributed by atoms with Crippen LogP contribution in [-0.4, -0.2) is 65.9 Å². The van der Waals surface area contributed by atoms with Gasteiger partial charge in [-0.05, 0) is 63.5 Å². The highest BCUT2D eigenvalue weighted by Gasteiger charge is 2.46. The van der Waals surface area contributed by atoms with Crippen molar-refractivity contribution in [1.82, 2.24) is 25.7 Å². The Kier molecular flexibility index (Phi) is 12.6. The second kappa shape index (κ2) is 18.3. The Bertz CT molecular complexity index is 2440. The Morgan fingerprint density at radius 2 is 1.30 bits per heavy atom. The van der Waals surface area contributed by atoms with Crippen LogP contribution in [-0.2, 0) is 19.5 Å². The summed E-state index contributed by atoms with van der Waals surface area (Å²) in [5.74, 6) is -0.367. The second-order valence-corrected chi connectivity index (χ2v) is 22.9. The number of fused-ring (bicyclic) bond motifs is 3. The molecule has 330 valence electrons. The number of carbonyl (C=O) groups excluding carboxylic acids is 2. The molecule has 2 aliphatic rings. The maximum atomic E-state index is 14.5. The van der Waals surface area contributed by atoms with Gasteiger partial charge in [-0.3, -0.25) is 9.69 Å². The van der Waals surface area contributed by atoms with Gasteiger partial charge in [0.05, 0.1) is 6.10 Å². The van der Waals surface area contributed by atoms with Gasteiger partial charge in [0.1, 0.15) is 24.2 Å². The van der Waals surface area contributed by atoms with Gasteiger partial charge in [0, 0.05) is 25.3 Å². The normalized spacial score (nSPS) is 16.7. The van der Waals surface area contributed by atoms with Gasteiger partial charge in [-0.1, -0.05) is 160 Å². The maximum absolute atomic E-state index is 14.5. The molecule has 12 nitrogen and oxygen atoms in total. The molecule has 1 saturated heterocycles. The smallest absolute Gasteiger partial charge is 0.408 e. The average molecular weight is 878 g/mol. The zero-order valence-corrected chi connectivity index (χ0v) is 37.9. The first-order chi connectivity index (χ1) is 30.7. The number of nitrogens with one attached hydrogen (secondary N) is 2. The largest absolute Gasteiger partial charge is 0.465 e. The summed E-state index contributed by atoms with van der Waals surface area (Å²) in [6.07, 6.45) is -1.91. The lowest BCUT2D eigenvalue weighted by atomic mass is 9.77. The van der Waals surface area contributed by atoms with Crippen LogP contribution >= 0.6 is 0 Å². The van der Waals surface area contributed by atoms with E-state index in [1.807, 2.05) is 127 Å². The minimum atomic E-state index is -2.24. The Labute approximate surface area is 375 Å². The molecule has 1 aliphatic carbocycles. The van der Waals surface area contributed by atoms with Crippen molar-refractivity contribution in [2.45, 2.75) is 87.8 Å². The highest BCUT2D eigenvalue weighted by Crippen LogP contribution is 2.45. The lowest BCUT2D eigenvalue weighted by Gasteiger charge is -2.38. The second-order valence-electron chi connectivity index (χ2n) is 18.1. The summed E-state index contributed by atoms with van der Waals surface area (Å²) >= 11 is 0. The molecule has 0 spiro atoms. The van der Waals surface area contributed by atoms with Gasteiger partial charge in [0.25, 0.3) is 0 Å². The fraction of sp³-hybridized carbons (Fsp3) is 0.314. The average Bonchev–Trinajstić information content (AvgIpc) is 4.03. The van der Waals surface area contributed by atoms with Crippen LogP contribution in [0.1, 0.15) is 97.6 Å². The minimum absolute atomic E-state index is 0.0239. The van der Waals surface area contributed by atoms with E-state index in [0.29, 0.717) is 6.42 Å². The minimum Gasteiger partial charge on any atom is -0.465 e. The molecule has 1 fully saturated rings. The predicted molar refractivity (Wildman–Crippen MR) is 246 cm³/mol. The van der Waals surface area contributed by atoms with Gasteiger partial charge < -0.3 is 29.3 Å². The van der Waals surface area contributed by atoms with Crippen LogP contribution in [0.15, 0.2) is 144 Å². The molecule has 0 saturated carbocycles. The molecule has 5 aromatic carbocycles. The van der Waals surface area contributed by atoms with Crippen LogP contribution in [0.3, 0.4) is 0 Å². The number of amides is 3. The van der Waals surface area contributed by atoms with Crippen LogP contribution in [0.2, 0.25) is 18.1 Å². The number of likely N-dealkylation sites (tertiary alicyclic amines) is 1. The number of aromatic nitrogens is 2. The topological polar surface area (TPSA) is 156 Å². The third-order valence-corrected chi connectivity index (χ3v) is 17.6. The molecule has 13 heteroatoms. The zero-order chi connectivity index (χ0) is 45.1. The first kappa shape index (κ1) is 44.1. The van der Waals surface area contributed by atoms with Crippen molar-refractivity contribution in [1.29, 1.82) is 0 Å². The van der Waals surface area contributed by atoms with Crippen LogP contribution in [0, 0.1) is 0 Å². The van der Waals surface area contributed by atoms with Gasteiger partial charge in [0.2, 0.25) is 17.7 Å². The summed E-state index contributed by atoms with van der Waals surface area (Å²) in [5.41, 5.74) is 5.89. The number of ether oxygens (including phenoxy) is 1. The molecule has 1 aliphatic heterocycles. The highest BCUT2D eigenvalue weighted by atomic mass is 28.4. The van der Waals surface area contributed by atoms with Crippen molar-refractivity contribution in [3.05, 3.63) is 179 Å². The monoisotopic (exact) mass is 877 g/mol. The molecule has 64 heavy (non-hydrogen) atoms. The van der Waals surface area contributed by atoms with Crippen molar-refractivity contribution in [3.8, 4) is 11.1 Å². The lowest BCUT2D eigenvalue weighted by molar-refractivity contribution is -0.122. The summed E-state index contributed by atoms with van der Waals surface area (Å²) in [5, 5.41) is 25.2.